The van der Waals surface area contributed by atoms with E-state index in [1.165, 1.54) is 0 Å². The van der Waals surface area contributed by atoms with Gasteiger partial charge in [-0.15, -0.1) is 0 Å². The summed E-state index contributed by atoms with van der Waals surface area (Å²) in [6.07, 6.45) is 5.62. The molecule has 1 spiro atoms. The smallest absolute Gasteiger partial charge is 0.410 e. The predicted octanol–water partition coefficient (Wildman–Crippen LogP) is 3.21. The third kappa shape index (κ3) is 3.74. The van der Waals surface area contributed by atoms with Crippen LogP contribution in [0, 0.1) is 12.8 Å². The van der Waals surface area contributed by atoms with E-state index in [0.717, 1.165) is 64.1 Å². The minimum Gasteiger partial charge on any atom is -0.449 e. The molecule has 1 amide bonds. The summed E-state index contributed by atoms with van der Waals surface area (Å²) in [6.45, 7) is 10.5. The van der Waals surface area contributed by atoms with E-state index in [2.05, 4.69) is 23.7 Å². The molecule has 2 aliphatic rings. The first-order valence-electron chi connectivity index (χ1n) is 9.15. The van der Waals surface area contributed by atoms with Gasteiger partial charge in [0.15, 0.2) is 5.89 Å². The second-order valence-corrected chi connectivity index (χ2v) is 7.25. The molecule has 0 saturated carbocycles. The summed E-state index contributed by atoms with van der Waals surface area (Å²) in [6, 6.07) is 0. The van der Waals surface area contributed by atoms with Gasteiger partial charge in [0.05, 0.1) is 12.2 Å². The summed E-state index contributed by atoms with van der Waals surface area (Å²) in [5, 5.41) is 0. The fourth-order valence-corrected chi connectivity index (χ4v) is 3.78. The lowest BCUT2D eigenvalue weighted by atomic mass is 9.91. The number of hydrogen-bond acceptors (Lipinski definition) is 5. The van der Waals surface area contributed by atoms with Gasteiger partial charge < -0.3 is 14.1 Å². The number of hydrogen-bond donors (Lipinski definition) is 0. The highest BCUT2D eigenvalue weighted by Gasteiger charge is 2.47. The molecule has 6 nitrogen and oxygen atoms in total. The largest absolute Gasteiger partial charge is 0.449 e. The maximum absolute atomic E-state index is 12.3. The van der Waals surface area contributed by atoms with Crippen molar-refractivity contribution in [3.05, 3.63) is 17.8 Å². The Bertz CT molecular complexity index is 560. The van der Waals surface area contributed by atoms with E-state index in [9.17, 15) is 4.79 Å². The number of aryl methyl sites for hydroxylation is 1. The van der Waals surface area contributed by atoms with E-state index in [-0.39, 0.29) is 11.7 Å². The van der Waals surface area contributed by atoms with Gasteiger partial charge in [0.25, 0.3) is 0 Å². The average molecular weight is 335 g/mol. The minimum atomic E-state index is -0.278. The first-order valence-corrected chi connectivity index (χ1v) is 9.15. The van der Waals surface area contributed by atoms with Gasteiger partial charge in [-0.25, -0.2) is 9.78 Å². The summed E-state index contributed by atoms with van der Waals surface area (Å²) < 4.78 is 11.1. The second-order valence-electron chi connectivity index (χ2n) is 7.25. The molecular weight excluding hydrogens is 306 g/mol. The average Bonchev–Trinajstić information content (AvgIpc) is 3.11. The van der Waals surface area contributed by atoms with Crippen molar-refractivity contribution in [3.63, 3.8) is 0 Å². The first-order chi connectivity index (χ1) is 11.5. The lowest BCUT2D eigenvalue weighted by Crippen LogP contribution is -2.46. The Balaban J connectivity index is 1.53. The van der Waals surface area contributed by atoms with Gasteiger partial charge in [0.1, 0.15) is 11.9 Å². The highest BCUT2D eigenvalue weighted by Crippen LogP contribution is 2.34. The molecule has 1 aromatic heterocycles. The molecule has 0 atom stereocenters. The zero-order chi connectivity index (χ0) is 17.2. The number of likely N-dealkylation sites (tertiary alicyclic amines) is 1. The summed E-state index contributed by atoms with van der Waals surface area (Å²) in [7, 11) is 0. The number of ether oxygens (including phenoxy) is 1. The molecule has 3 rings (SSSR count). The second kappa shape index (κ2) is 7.13. The van der Waals surface area contributed by atoms with Crippen LogP contribution in [0.25, 0.3) is 0 Å². The molecule has 0 aliphatic carbocycles. The number of carbonyl (C=O) groups excluding carboxylic acids is 1. The van der Waals surface area contributed by atoms with Crippen molar-refractivity contribution in [1.29, 1.82) is 0 Å². The van der Waals surface area contributed by atoms with Gasteiger partial charge in [-0.05, 0) is 5.92 Å². The zero-order valence-corrected chi connectivity index (χ0v) is 15.1. The highest BCUT2D eigenvalue weighted by atomic mass is 16.6. The maximum atomic E-state index is 12.3. The lowest BCUT2D eigenvalue weighted by molar-refractivity contribution is -0.00153. The topological polar surface area (TPSA) is 58.8 Å². The van der Waals surface area contributed by atoms with Crippen molar-refractivity contribution in [2.24, 2.45) is 5.92 Å². The normalized spacial score (nSPS) is 21.0. The molecule has 0 aromatic carbocycles. The Morgan fingerprint density at radius 2 is 2.00 bits per heavy atom. The van der Waals surface area contributed by atoms with E-state index >= 15 is 0 Å². The first kappa shape index (κ1) is 17.3. The van der Waals surface area contributed by atoms with Crippen molar-refractivity contribution in [1.82, 2.24) is 14.8 Å². The number of piperidine rings is 1. The van der Waals surface area contributed by atoms with Gasteiger partial charge >= 0.3 is 6.09 Å². The molecular formula is C18H29N3O3. The molecule has 2 saturated heterocycles. The van der Waals surface area contributed by atoms with Crippen LogP contribution in [-0.2, 0) is 11.3 Å². The molecule has 0 bridgehead atoms. The number of carbonyl (C=O) groups is 1. The third-order valence-corrected chi connectivity index (χ3v) is 5.49. The molecule has 24 heavy (non-hydrogen) atoms. The Kier molecular flexibility index (Phi) is 5.13. The van der Waals surface area contributed by atoms with E-state index in [1.54, 1.807) is 6.26 Å². The third-order valence-electron chi connectivity index (χ3n) is 5.49. The van der Waals surface area contributed by atoms with Crippen LogP contribution in [0.4, 0.5) is 4.79 Å². The van der Waals surface area contributed by atoms with E-state index < -0.39 is 0 Å². The van der Waals surface area contributed by atoms with Crippen LogP contribution in [-0.4, -0.2) is 52.7 Å². The molecule has 3 heterocycles. The van der Waals surface area contributed by atoms with Crippen LogP contribution >= 0.6 is 0 Å². The molecule has 2 aliphatic heterocycles. The minimum absolute atomic E-state index is 0.123. The maximum Gasteiger partial charge on any atom is 0.410 e. The fourth-order valence-electron chi connectivity index (χ4n) is 3.78. The van der Waals surface area contributed by atoms with Crippen LogP contribution in [0.15, 0.2) is 10.7 Å². The lowest BCUT2D eigenvalue weighted by Gasteiger charge is -2.37. The number of rotatable bonds is 6. The van der Waals surface area contributed by atoms with Gasteiger partial charge in [-0.1, -0.05) is 26.7 Å². The molecule has 2 fully saturated rings. The van der Waals surface area contributed by atoms with Crippen LogP contribution in [0.5, 0.6) is 0 Å². The van der Waals surface area contributed by atoms with E-state index in [4.69, 9.17) is 9.15 Å². The molecule has 0 radical (unpaired) electrons. The van der Waals surface area contributed by atoms with Gasteiger partial charge in [0.2, 0.25) is 0 Å². The predicted molar refractivity (Wildman–Crippen MR) is 90.6 cm³/mol. The van der Waals surface area contributed by atoms with Crippen LogP contribution in [0.2, 0.25) is 0 Å². The SMILES string of the molecule is CCC(CC)CN1CC2(CCN(Cc3coc(C)n3)CC2)OC1=O. The number of amides is 1. The standard InChI is InChI=1S/C18H29N3O3/c1-4-15(5-2)10-21-13-18(24-17(21)22)6-8-20(9-7-18)11-16-12-23-14(3)19-16/h12,15H,4-11,13H2,1-3H3. The molecule has 6 heteroatoms. The Hall–Kier alpha value is -1.56. The molecule has 0 unspecified atom stereocenters. The van der Waals surface area contributed by atoms with Gasteiger partial charge in [0, 0.05) is 45.9 Å². The van der Waals surface area contributed by atoms with Gasteiger partial charge in [-0.3, -0.25) is 4.90 Å². The van der Waals surface area contributed by atoms with Gasteiger partial charge in [-0.2, -0.15) is 0 Å². The van der Waals surface area contributed by atoms with E-state index in [0.29, 0.717) is 11.8 Å². The summed E-state index contributed by atoms with van der Waals surface area (Å²) in [4.78, 5) is 20.9. The van der Waals surface area contributed by atoms with Crippen molar-refractivity contribution in [3.8, 4) is 0 Å². The van der Waals surface area contributed by atoms with Crippen molar-refractivity contribution in [2.45, 2.75) is 58.6 Å². The van der Waals surface area contributed by atoms with E-state index in [1.807, 2.05) is 11.8 Å². The molecule has 1 aromatic rings. The highest BCUT2D eigenvalue weighted by molar-refractivity contribution is 5.70. The summed E-state index contributed by atoms with van der Waals surface area (Å²) >= 11 is 0. The monoisotopic (exact) mass is 335 g/mol. The quantitative estimate of drug-likeness (QED) is 0.799. The summed E-state index contributed by atoms with van der Waals surface area (Å²) in [5.74, 6) is 1.28. The van der Waals surface area contributed by atoms with Crippen molar-refractivity contribution < 1.29 is 13.9 Å². The fraction of sp³-hybridized carbons (Fsp3) is 0.778. The van der Waals surface area contributed by atoms with Crippen LogP contribution < -0.4 is 0 Å². The van der Waals surface area contributed by atoms with Crippen LogP contribution in [0.1, 0.15) is 51.1 Å². The number of aromatic nitrogens is 1. The molecule has 134 valence electrons. The number of oxazole rings is 1. The summed E-state index contributed by atoms with van der Waals surface area (Å²) in [5.41, 5.74) is 0.696. The van der Waals surface area contributed by atoms with Crippen molar-refractivity contribution >= 4 is 6.09 Å². The Labute approximate surface area is 144 Å². The molecule has 0 N–H and O–H groups in total. The van der Waals surface area contributed by atoms with Crippen LogP contribution in [0.3, 0.4) is 0 Å². The number of nitrogens with zero attached hydrogens (tertiary/aromatic N) is 3. The zero-order valence-electron chi connectivity index (χ0n) is 15.1. The Morgan fingerprint density at radius 3 is 2.58 bits per heavy atom. The Morgan fingerprint density at radius 1 is 1.29 bits per heavy atom. The van der Waals surface area contributed by atoms with Crippen molar-refractivity contribution in [2.75, 3.05) is 26.2 Å².